The van der Waals surface area contributed by atoms with Gasteiger partial charge in [0, 0.05) is 13.1 Å². The Morgan fingerprint density at radius 2 is 1.82 bits per heavy atom. The lowest BCUT2D eigenvalue weighted by Crippen LogP contribution is -2.44. The normalized spacial score (nSPS) is 14.8. The summed E-state index contributed by atoms with van der Waals surface area (Å²) in [5.74, 6) is -0.380. The summed E-state index contributed by atoms with van der Waals surface area (Å²) in [5, 5.41) is -0.354. The number of hydrogen-bond acceptors (Lipinski definition) is 3. The van der Waals surface area contributed by atoms with Crippen LogP contribution in [0.5, 0.6) is 0 Å². The molecule has 1 aromatic rings. The second-order valence-corrected chi connectivity index (χ2v) is 11.6. The monoisotopic (exact) mass is 333 g/mol. The smallest absolute Gasteiger partial charge is 0.402 e. The quantitative estimate of drug-likeness (QED) is 0.580. The molecular formula is C15H22F3NO2Si. The summed E-state index contributed by atoms with van der Waals surface area (Å²) in [5.41, 5.74) is -0.0805. The molecule has 0 spiro atoms. The van der Waals surface area contributed by atoms with Crippen LogP contribution in [0, 0.1) is 0 Å². The van der Waals surface area contributed by atoms with E-state index in [9.17, 15) is 18.0 Å². The van der Waals surface area contributed by atoms with Gasteiger partial charge in [0.15, 0.2) is 20.2 Å². The maximum Gasteiger partial charge on any atom is 0.417 e. The molecule has 0 bridgehead atoms. The Kier molecular flexibility index (Phi) is 5.24. The molecule has 124 valence electrons. The Hall–Kier alpha value is -1.21. The second kappa shape index (κ2) is 6.12. The maximum atomic E-state index is 13.4. The number of carbonyl (C=O) groups is 1. The predicted octanol–water partition coefficient (Wildman–Crippen LogP) is 4.91. The molecule has 1 rings (SSSR count). The molecule has 1 aromatic heterocycles. The Bertz CT molecular complexity index is 550. The van der Waals surface area contributed by atoms with Gasteiger partial charge in [-0.05, 0) is 35.8 Å². The zero-order chi connectivity index (χ0) is 17.3. The molecule has 1 heterocycles. The van der Waals surface area contributed by atoms with Gasteiger partial charge in [-0.2, -0.15) is 13.2 Å². The first-order valence-corrected chi connectivity index (χ1v) is 9.88. The molecule has 1 unspecified atom stereocenters. The SMILES string of the molecule is CC(=O)c1cc(C(O[Si](C)(C)C(C)(C)C)C(F)(F)F)ccn1. The first-order chi connectivity index (χ1) is 9.75. The van der Waals surface area contributed by atoms with E-state index in [1.807, 2.05) is 20.8 Å². The highest BCUT2D eigenvalue weighted by atomic mass is 28.4. The minimum atomic E-state index is -4.55. The molecule has 7 heteroatoms. The van der Waals surface area contributed by atoms with Crippen molar-refractivity contribution in [3.05, 3.63) is 29.6 Å². The lowest BCUT2D eigenvalue weighted by Gasteiger charge is -2.39. The molecule has 22 heavy (non-hydrogen) atoms. The largest absolute Gasteiger partial charge is 0.417 e. The highest BCUT2D eigenvalue weighted by molar-refractivity contribution is 6.74. The fourth-order valence-corrected chi connectivity index (χ4v) is 2.81. The van der Waals surface area contributed by atoms with Gasteiger partial charge in [-0.3, -0.25) is 9.78 Å². The zero-order valence-electron chi connectivity index (χ0n) is 13.7. The third-order valence-electron chi connectivity index (χ3n) is 3.96. The summed E-state index contributed by atoms with van der Waals surface area (Å²) in [6.07, 6.45) is -5.39. The number of ketones is 1. The van der Waals surface area contributed by atoms with Crippen molar-refractivity contribution >= 4 is 14.1 Å². The molecule has 1 atom stereocenters. The van der Waals surface area contributed by atoms with E-state index in [4.69, 9.17) is 4.43 Å². The highest BCUT2D eigenvalue weighted by Gasteiger charge is 2.48. The van der Waals surface area contributed by atoms with Crippen LogP contribution in [-0.4, -0.2) is 25.3 Å². The molecule has 3 nitrogen and oxygen atoms in total. The molecule has 0 saturated carbocycles. The number of hydrogen-bond donors (Lipinski definition) is 0. The summed E-state index contributed by atoms with van der Waals surface area (Å²) in [7, 11) is -2.63. The molecular weight excluding hydrogens is 311 g/mol. The van der Waals surface area contributed by atoms with E-state index in [0.29, 0.717) is 0 Å². The number of rotatable bonds is 4. The summed E-state index contributed by atoms with van der Waals surface area (Å²) in [6, 6.07) is 2.41. The van der Waals surface area contributed by atoms with Crippen molar-refractivity contribution in [3.63, 3.8) is 0 Å². The van der Waals surface area contributed by atoms with Crippen molar-refractivity contribution < 1.29 is 22.4 Å². The molecule has 0 radical (unpaired) electrons. The third kappa shape index (κ3) is 4.39. The molecule has 0 aliphatic carbocycles. The van der Waals surface area contributed by atoms with Crippen LogP contribution >= 0.6 is 0 Å². The van der Waals surface area contributed by atoms with E-state index < -0.39 is 20.6 Å². The topological polar surface area (TPSA) is 39.2 Å². The molecule has 0 amide bonds. The molecule has 0 aliphatic rings. The van der Waals surface area contributed by atoms with Gasteiger partial charge in [-0.15, -0.1) is 0 Å². The fraction of sp³-hybridized carbons (Fsp3) is 0.600. The molecule has 0 aliphatic heterocycles. The average molecular weight is 333 g/mol. The number of alkyl halides is 3. The number of carbonyl (C=O) groups excluding carboxylic acids is 1. The lowest BCUT2D eigenvalue weighted by atomic mass is 10.1. The number of Topliss-reactive ketones (excluding diaryl/α,β-unsaturated/α-hetero) is 1. The standard InChI is InChI=1S/C15H22F3NO2Si/c1-10(20)12-9-11(7-8-19-12)13(15(16,17)18)21-22(5,6)14(2,3)4/h7-9,13H,1-6H3. The van der Waals surface area contributed by atoms with E-state index in [-0.39, 0.29) is 22.1 Å². The van der Waals surface area contributed by atoms with Gasteiger partial charge in [0.25, 0.3) is 0 Å². The molecule has 0 fully saturated rings. The Morgan fingerprint density at radius 1 is 1.27 bits per heavy atom. The van der Waals surface area contributed by atoms with Crippen molar-refractivity contribution in [1.29, 1.82) is 0 Å². The lowest BCUT2D eigenvalue weighted by molar-refractivity contribution is -0.201. The van der Waals surface area contributed by atoms with Crippen LogP contribution in [0.3, 0.4) is 0 Å². The van der Waals surface area contributed by atoms with E-state index in [0.717, 1.165) is 6.07 Å². The van der Waals surface area contributed by atoms with E-state index in [1.165, 1.54) is 19.2 Å². The summed E-state index contributed by atoms with van der Waals surface area (Å²) in [6.45, 7) is 10.4. The zero-order valence-corrected chi connectivity index (χ0v) is 14.7. The van der Waals surface area contributed by atoms with Gasteiger partial charge >= 0.3 is 6.18 Å². The van der Waals surface area contributed by atoms with Crippen molar-refractivity contribution in [2.45, 2.75) is 58.1 Å². The highest BCUT2D eigenvalue weighted by Crippen LogP contribution is 2.44. The summed E-state index contributed by atoms with van der Waals surface area (Å²) < 4.78 is 45.9. The van der Waals surface area contributed by atoms with Gasteiger partial charge in [-0.25, -0.2) is 0 Å². The average Bonchev–Trinajstić information content (AvgIpc) is 2.33. The van der Waals surface area contributed by atoms with Crippen LogP contribution in [0.1, 0.15) is 49.9 Å². The summed E-state index contributed by atoms with van der Waals surface area (Å²) in [4.78, 5) is 15.1. The van der Waals surface area contributed by atoms with Crippen LogP contribution < -0.4 is 0 Å². The minimum absolute atomic E-state index is 0.00517. The molecule has 0 saturated heterocycles. The van der Waals surface area contributed by atoms with Crippen molar-refractivity contribution in [3.8, 4) is 0 Å². The number of pyridine rings is 1. The van der Waals surface area contributed by atoms with Gasteiger partial charge in [-0.1, -0.05) is 20.8 Å². The van der Waals surface area contributed by atoms with Gasteiger partial charge < -0.3 is 4.43 Å². The molecule has 0 N–H and O–H groups in total. The third-order valence-corrected chi connectivity index (χ3v) is 8.40. The minimum Gasteiger partial charge on any atom is -0.402 e. The van der Waals surface area contributed by atoms with Gasteiger partial charge in [0.05, 0.1) is 0 Å². The van der Waals surface area contributed by atoms with E-state index in [2.05, 4.69) is 4.98 Å². The van der Waals surface area contributed by atoms with E-state index in [1.54, 1.807) is 13.1 Å². The summed E-state index contributed by atoms with van der Waals surface area (Å²) >= 11 is 0. The number of aromatic nitrogens is 1. The second-order valence-electron chi connectivity index (χ2n) is 6.83. The van der Waals surface area contributed by atoms with Crippen molar-refractivity contribution in [2.75, 3.05) is 0 Å². The number of nitrogens with zero attached hydrogens (tertiary/aromatic N) is 1. The van der Waals surface area contributed by atoms with Crippen LogP contribution in [-0.2, 0) is 4.43 Å². The first-order valence-electron chi connectivity index (χ1n) is 6.97. The van der Waals surface area contributed by atoms with Gasteiger partial charge in [0.1, 0.15) is 5.69 Å². The Balaban J connectivity index is 3.26. The maximum absolute atomic E-state index is 13.4. The Morgan fingerprint density at radius 3 is 2.23 bits per heavy atom. The van der Waals surface area contributed by atoms with Crippen LogP contribution in [0.15, 0.2) is 18.3 Å². The molecule has 0 aromatic carbocycles. The van der Waals surface area contributed by atoms with Crippen LogP contribution in [0.2, 0.25) is 18.1 Å². The number of halogens is 3. The fourth-order valence-electron chi connectivity index (χ4n) is 1.60. The van der Waals surface area contributed by atoms with Gasteiger partial charge in [0.2, 0.25) is 0 Å². The van der Waals surface area contributed by atoms with Crippen molar-refractivity contribution in [2.24, 2.45) is 0 Å². The van der Waals surface area contributed by atoms with Crippen LogP contribution in [0.25, 0.3) is 0 Å². The Labute approximate surface area is 130 Å². The first kappa shape index (κ1) is 18.8. The van der Waals surface area contributed by atoms with Crippen molar-refractivity contribution in [1.82, 2.24) is 4.98 Å². The predicted molar refractivity (Wildman–Crippen MR) is 81.3 cm³/mol. The van der Waals surface area contributed by atoms with Crippen LogP contribution in [0.4, 0.5) is 13.2 Å². The van der Waals surface area contributed by atoms with E-state index >= 15 is 0 Å².